The minimum Gasteiger partial charge on any atom is -0.497 e. The Labute approximate surface area is 167 Å². The van der Waals surface area contributed by atoms with Crippen LogP contribution >= 0.6 is 15.9 Å². The number of carbonyl (C=O) groups is 1. The number of methoxy groups -OCH3 is 2. The molecular weight excluding hydrogens is 436 g/mol. The standard InChI is InChI=1S/C18H21BrN2O5S/c1-12-9-13(5-7-15(12)19)21(27(4,23)24)11-18(22)20-16-8-6-14(25-2)10-17(16)26-3/h5-10H,11H2,1-4H3,(H,20,22). The van der Waals surface area contributed by atoms with Crippen LogP contribution in [0.4, 0.5) is 11.4 Å². The van der Waals surface area contributed by atoms with Crippen molar-refractivity contribution in [1.82, 2.24) is 0 Å². The van der Waals surface area contributed by atoms with E-state index in [1.165, 1.54) is 14.2 Å². The number of carbonyl (C=O) groups excluding carboxylic acids is 1. The van der Waals surface area contributed by atoms with Crippen LogP contribution in [0.5, 0.6) is 11.5 Å². The first kappa shape index (κ1) is 21.0. The fourth-order valence-corrected chi connectivity index (χ4v) is 3.50. The largest absolute Gasteiger partial charge is 0.497 e. The predicted octanol–water partition coefficient (Wildman–Crippen LogP) is 3.18. The van der Waals surface area contributed by atoms with Crippen LogP contribution in [0, 0.1) is 6.92 Å². The smallest absolute Gasteiger partial charge is 0.245 e. The van der Waals surface area contributed by atoms with E-state index in [4.69, 9.17) is 9.47 Å². The van der Waals surface area contributed by atoms with E-state index < -0.39 is 15.9 Å². The molecule has 0 atom stereocenters. The molecule has 1 N–H and O–H groups in total. The summed E-state index contributed by atoms with van der Waals surface area (Å²) in [6.07, 6.45) is 1.06. The molecular formula is C18H21BrN2O5S. The van der Waals surface area contributed by atoms with Crippen molar-refractivity contribution in [3.63, 3.8) is 0 Å². The van der Waals surface area contributed by atoms with Crippen molar-refractivity contribution in [3.05, 3.63) is 46.4 Å². The Balaban J connectivity index is 2.26. The summed E-state index contributed by atoms with van der Waals surface area (Å²) < 4.78 is 36.7. The third kappa shape index (κ3) is 5.36. The second-order valence-electron chi connectivity index (χ2n) is 5.82. The first-order valence-electron chi connectivity index (χ1n) is 7.91. The van der Waals surface area contributed by atoms with Crippen molar-refractivity contribution in [2.75, 3.05) is 36.6 Å². The molecule has 1 amide bonds. The molecule has 0 aromatic heterocycles. The normalized spacial score (nSPS) is 11.0. The highest BCUT2D eigenvalue weighted by molar-refractivity contribution is 9.10. The van der Waals surface area contributed by atoms with E-state index in [1.807, 2.05) is 6.92 Å². The molecule has 2 rings (SSSR count). The number of nitrogens with zero attached hydrogens (tertiary/aromatic N) is 1. The number of sulfonamides is 1. The summed E-state index contributed by atoms with van der Waals surface area (Å²) in [5.74, 6) is 0.491. The van der Waals surface area contributed by atoms with E-state index in [9.17, 15) is 13.2 Å². The van der Waals surface area contributed by atoms with E-state index >= 15 is 0 Å². The number of halogens is 1. The average molecular weight is 457 g/mol. The molecule has 0 saturated heterocycles. The molecule has 0 aliphatic heterocycles. The van der Waals surface area contributed by atoms with Gasteiger partial charge in [-0.05, 0) is 42.8 Å². The molecule has 0 spiro atoms. The van der Waals surface area contributed by atoms with Gasteiger partial charge in [-0.3, -0.25) is 9.10 Å². The monoisotopic (exact) mass is 456 g/mol. The van der Waals surface area contributed by atoms with Crippen molar-refractivity contribution in [1.29, 1.82) is 0 Å². The molecule has 9 heteroatoms. The van der Waals surface area contributed by atoms with Crippen LogP contribution in [0.15, 0.2) is 40.9 Å². The van der Waals surface area contributed by atoms with Crippen LogP contribution < -0.4 is 19.1 Å². The fraction of sp³-hybridized carbons (Fsp3) is 0.278. The minimum atomic E-state index is -3.66. The van der Waals surface area contributed by atoms with Gasteiger partial charge in [0.15, 0.2) is 0 Å². The maximum atomic E-state index is 12.5. The quantitative estimate of drug-likeness (QED) is 0.691. The Morgan fingerprint density at radius 3 is 2.41 bits per heavy atom. The maximum absolute atomic E-state index is 12.5. The van der Waals surface area contributed by atoms with Crippen LogP contribution in [-0.2, 0) is 14.8 Å². The molecule has 7 nitrogen and oxygen atoms in total. The van der Waals surface area contributed by atoms with Gasteiger partial charge in [-0.25, -0.2) is 8.42 Å². The number of benzene rings is 2. The lowest BCUT2D eigenvalue weighted by atomic mass is 10.2. The number of hydrogen-bond acceptors (Lipinski definition) is 5. The van der Waals surface area contributed by atoms with Gasteiger partial charge in [-0.1, -0.05) is 15.9 Å². The van der Waals surface area contributed by atoms with Crippen molar-refractivity contribution in [2.45, 2.75) is 6.92 Å². The molecule has 0 aliphatic rings. The summed E-state index contributed by atoms with van der Waals surface area (Å²) in [7, 11) is -0.660. The molecule has 0 saturated carbocycles. The maximum Gasteiger partial charge on any atom is 0.245 e. The summed E-state index contributed by atoms with van der Waals surface area (Å²) in [6, 6.07) is 10.0. The highest BCUT2D eigenvalue weighted by atomic mass is 79.9. The van der Waals surface area contributed by atoms with Crippen molar-refractivity contribution in [2.24, 2.45) is 0 Å². The van der Waals surface area contributed by atoms with Gasteiger partial charge in [-0.2, -0.15) is 0 Å². The number of anilines is 2. The Bertz CT molecular complexity index is 947. The Morgan fingerprint density at radius 2 is 1.85 bits per heavy atom. The minimum absolute atomic E-state index is 0.366. The lowest BCUT2D eigenvalue weighted by Crippen LogP contribution is -2.37. The van der Waals surface area contributed by atoms with Gasteiger partial charge in [0.2, 0.25) is 15.9 Å². The van der Waals surface area contributed by atoms with Gasteiger partial charge in [0, 0.05) is 10.5 Å². The first-order valence-corrected chi connectivity index (χ1v) is 10.6. The molecule has 2 aromatic rings. The average Bonchev–Trinajstić information content (AvgIpc) is 2.61. The van der Waals surface area contributed by atoms with Gasteiger partial charge in [-0.15, -0.1) is 0 Å². The molecule has 0 radical (unpaired) electrons. The van der Waals surface area contributed by atoms with Gasteiger partial charge in [0.25, 0.3) is 0 Å². The summed E-state index contributed by atoms with van der Waals surface area (Å²) in [5.41, 5.74) is 1.69. The second-order valence-corrected chi connectivity index (χ2v) is 8.58. The molecule has 0 bridgehead atoms. The van der Waals surface area contributed by atoms with Crippen LogP contribution in [0.25, 0.3) is 0 Å². The number of aryl methyl sites for hydroxylation is 1. The van der Waals surface area contributed by atoms with Crippen molar-refractivity contribution < 1.29 is 22.7 Å². The van der Waals surface area contributed by atoms with E-state index in [-0.39, 0.29) is 6.54 Å². The summed E-state index contributed by atoms with van der Waals surface area (Å²) in [4.78, 5) is 12.5. The number of rotatable bonds is 7. The van der Waals surface area contributed by atoms with E-state index in [0.29, 0.717) is 22.9 Å². The van der Waals surface area contributed by atoms with E-state index in [1.54, 1.807) is 36.4 Å². The zero-order valence-corrected chi connectivity index (χ0v) is 17.8. The molecule has 0 fully saturated rings. The van der Waals surface area contributed by atoms with Crippen molar-refractivity contribution in [3.8, 4) is 11.5 Å². The highest BCUT2D eigenvalue weighted by Gasteiger charge is 2.22. The molecule has 2 aromatic carbocycles. The number of ether oxygens (including phenoxy) is 2. The van der Waals surface area contributed by atoms with Gasteiger partial charge < -0.3 is 14.8 Å². The Morgan fingerprint density at radius 1 is 1.15 bits per heavy atom. The number of nitrogens with one attached hydrogen (secondary N) is 1. The molecule has 0 aliphatic carbocycles. The lowest BCUT2D eigenvalue weighted by Gasteiger charge is -2.23. The van der Waals surface area contributed by atoms with Crippen LogP contribution in [0.1, 0.15) is 5.56 Å². The molecule has 0 unspecified atom stereocenters. The topological polar surface area (TPSA) is 84.9 Å². The Kier molecular flexibility index (Phi) is 6.72. The molecule has 27 heavy (non-hydrogen) atoms. The highest BCUT2D eigenvalue weighted by Crippen LogP contribution is 2.29. The number of amides is 1. The molecule has 0 heterocycles. The van der Waals surface area contributed by atoms with E-state index in [0.717, 1.165) is 20.6 Å². The summed E-state index contributed by atoms with van der Waals surface area (Å²) in [5, 5.41) is 2.68. The van der Waals surface area contributed by atoms with Crippen LogP contribution in [0.2, 0.25) is 0 Å². The van der Waals surface area contributed by atoms with Gasteiger partial charge in [0.1, 0.15) is 18.0 Å². The van der Waals surface area contributed by atoms with Crippen LogP contribution in [-0.4, -0.2) is 41.3 Å². The number of hydrogen-bond donors (Lipinski definition) is 1. The summed E-state index contributed by atoms with van der Waals surface area (Å²) in [6.45, 7) is 1.48. The zero-order chi connectivity index (χ0) is 20.2. The van der Waals surface area contributed by atoms with Crippen molar-refractivity contribution >= 4 is 43.2 Å². The predicted molar refractivity (Wildman–Crippen MR) is 109 cm³/mol. The zero-order valence-electron chi connectivity index (χ0n) is 15.4. The lowest BCUT2D eigenvalue weighted by molar-refractivity contribution is -0.114. The third-order valence-corrected chi connectivity index (χ3v) is 5.83. The van der Waals surface area contributed by atoms with Gasteiger partial charge >= 0.3 is 0 Å². The Hall–Kier alpha value is -2.26. The molecule has 146 valence electrons. The first-order chi connectivity index (χ1) is 12.7. The van der Waals surface area contributed by atoms with Gasteiger partial charge in [0.05, 0.1) is 31.9 Å². The fourth-order valence-electron chi connectivity index (χ4n) is 2.41. The SMILES string of the molecule is COc1ccc(NC(=O)CN(c2ccc(Br)c(C)c2)S(C)(=O)=O)c(OC)c1. The second kappa shape index (κ2) is 8.62. The third-order valence-electron chi connectivity index (χ3n) is 3.80. The van der Waals surface area contributed by atoms with Crippen LogP contribution in [0.3, 0.4) is 0 Å². The summed E-state index contributed by atoms with van der Waals surface area (Å²) >= 11 is 3.38. The van der Waals surface area contributed by atoms with E-state index in [2.05, 4.69) is 21.2 Å².